The van der Waals surface area contributed by atoms with Crippen molar-refractivity contribution in [2.75, 3.05) is 36.5 Å². The molecule has 2 heterocycles. The Hall–Kier alpha value is -1.36. The number of hydrogen-bond acceptors (Lipinski definition) is 5. The standard InChI is InChI=1S/C13H22N4O/c1-4-5-14-12-8-13(16-11(3)15-12)17-6-7-18-9-10(17)2/h8,10H,4-7,9H2,1-3H3,(H,14,15,16). The molecule has 5 nitrogen and oxygen atoms in total. The summed E-state index contributed by atoms with van der Waals surface area (Å²) in [5, 5.41) is 3.32. The molecule has 1 atom stereocenters. The second kappa shape index (κ2) is 6.00. The predicted octanol–water partition coefficient (Wildman–Crippen LogP) is 1.83. The third-order valence-electron chi connectivity index (χ3n) is 3.04. The molecule has 1 aliphatic heterocycles. The first-order valence-corrected chi connectivity index (χ1v) is 6.64. The van der Waals surface area contributed by atoms with Crippen molar-refractivity contribution in [2.24, 2.45) is 0 Å². The van der Waals surface area contributed by atoms with Gasteiger partial charge < -0.3 is 15.0 Å². The van der Waals surface area contributed by atoms with Crippen molar-refractivity contribution in [3.63, 3.8) is 0 Å². The van der Waals surface area contributed by atoms with E-state index in [1.54, 1.807) is 0 Å². The molecule has 1 fully saturated rings. The maximum absolute atomic E-state index is 5.46. The number of anilines is 2. The number of hydrogen-bond donors (Lipinski definition) is 1. The number of morpholine rings is 1. The molecule has 1 unspecified atom stereocenters. The average molecular weight is 250 g/mol. The highest BCUT2D eigenvalue weighted by atomic mass is 16.5. The van der Waals surface area contributed by atoms with Gasteiger partial charge in [-0.3, -0.25) is 0 Å². The highest BCUT2D eigenvalue weighted by molar-refractivity contribution is 5.50. The van der Waals surface area contributed by atoms with Crippen LogP contribution in [0.2, 0.25) is 0 Å². The Labute approximate surface area is 109 Å². The highest BCUT2D eigenvalue weighted by Crippen LogP contribution is 2.20. The van der Waals surface area contributed by atoms with E-state index in [9.17, 15) is 0 Å². The van der Waals surface area contributed by atoms with Gasteiger partial charge in [0, 0.05) is 19.2 Å². The van der Waals surface area contributed by atoms with Gasteiger partial charge in [-0.05, 0) is 20.3 Å². The maximum Gasteiger partial charge on any atom is 0.134 e. The van der Waals surface area contributed by atoms with Crippen molar-refractivity contribution >= 4 is 11.6 Å². The summed E-state index contributed by atoms with van der Waals surface area (Å²) in [6.07, 6.45) is 1.09. The van der Waals surface area contributed by atoms with E-state index in [1.807, 2.05) is 13.0 Å². The van der Waals surface area contributed by atoms with E-state index in [1.165, 1.54) is 0 Å². The van der Waals surface area contributed by atoms with E-state index >= 15 is 0 Å². The number of aromatic nitrogens is 2. The van der Waals surface area contributed by atoms with Crippen LogP contribution in [0.25, 0.3) is 0 Å². The zero-order valence-electron chi connectivity index (χ0n) is 11.4. The molecule has 1 aromatic rings. The van der Waals surface area contributed by atoms with Crippen molar-refractivity contribution in [2.45, 2.75) is 33.2 Å². The lowest BCUT2D eigenvalue weighted by Crippen LogP contribution is -2.44. The van der Waals surface area contributed by atoms with Crippen LogP contribution in [0, 0.1) is 6.92 Å². The van der Waals surface area contributed by atoms with Gasteiger partial charge in [0.1, 0.15) is 17.5 Å². The van der Waals surface area contributed by atoms with Crippen LogP contribution in [0.1, 0.15) is 26.1 Å². The van der Waals surface area contributed by atoms with Crippen LogP contribution < -0.4 is 10.2 Å². The van der Waals surface area contributed by atoms with Gasteiger partial charge in [-0.15, -0.1) is 0 Å². The van der Waals surface area contributed by atoms with Crippen LogP contribution in [-0.2, 0) is 4.74 Å². The molecule has 1 N–H and O–H groups in total. The molecule has 1 saturated heterocycles. The van der Waals surface area contributed by atoms with Crippen molar-refractivity contribution < 1.29 is 4.74 Å². The van der Waals surface area contributed by atoms with Crippen LogP contribution in [0.15, 0.2) is 6.07 Å². The van der Waals surface area contributed by atoms with Crippen molar-refractivity contribution in [1.82, 2.24) is 9.97 Å². The maximum atomic E-state index is 5.46. The first-order chi connectivity index (χ1) is 8.70. The molecule has 5 heteroatoms. The predicted molar refractivity (Wildman–Crippen MR) is 73.2 cm³/mol. The molecule has 0 radical (unpaired) electrons. The highest BCUT2D eigenvalue weighted by Gasteiger charge is 2.20. The zero-order chi connectivity index (χ0) is 13.0. The van der Waals surface area contributed by atoms with Gasteiger partial charge in [0.05, 0.1) is 19.3 Å². The molecule has 0 saturated carbocycles. The van der Waals surface area contributed by atoms with E-state index in [4.69, 9.17) is 4.74 Å². The molecule has 0 aliphatic carbocycles. The summed E-state index contributed by atoms with van der Waals surface area (Å²) in [5.74, 6) is 2.72. The van der Waals surface area contributed by atoms with Crippen molar-refractivity contribution in [3.8, 4) is 0 Å². The number of aryl methyl sites for hydroxylation is 1. The van der Waals surface area contributed by atoms with Gasteiger partial charge in [0.2, 0.25) is 0 Å². The molecule has 2 rings (SSSR count). The van der Waals surface area contributed by atoms with E-state index in [2.05, 4.69) is 34.0 Å². The Morgan fingerprint density at radius 2 is 2.33 bits per heavy atom. The molecule has 100 valence electrons. The van der Waals surface area contributed by atoms with Crippen molar-refractivity contribution in [1.29, 1.82) is 0 Å². The molecule has 0 bridgehead atoms. The number of nitrogens with one attached hydrogen (secondary N) is 1. The summed E-state index contributed by atoms with van der Waals surface area (Å²) in [6.45, 7) is 9.61. The van der Waals surface area contributed by atoms with Gasteiger partial charge in [-0.2, -0.15) is 0 Å². The summed E-state index contributed by atoms with van der Waals surface area (Å²) in [6, 6.07) is 2.40. The summed E-state index contributed by atoms with van der Waals surface area (Å²) in [4.78, 5) is 11.2. The summed E-state index contributed by atoms with van der Waals surface area (Å²) < 4.78 is 5.46. The number of rotatable bonds is 4. The molecule has 0 spiro atoms. The van der Waals surface area contributed by atoms with Gasteiger partial charge in [0.15, 0.2) is 0 Å². The molecular formula is C13H22N4O. The monoisotopic (exact) mass is 250 g/mol. The van der Waals surface area contributed by atoms with Gasteiger partial charge in [-0.1, -0.05) is 6.92 Å². The van der Waals surface area contributed by atoms with Crippen LogP contribution in [0.3, 0.4) is 0 Å². The van der Waals surface area contributed by atoms with E-state index in [0.29, 0.717) is 6.04 Å². The quantitative estimate of drug-likeness (QED) is 0.883. The average Bonchev–Trinajstić information content (AvgIpc) is 2.36. The Bertz CT molecular complexity index is 397. The SMILES string of the molecule is CCCNc1cc(N2CCOCC2C)nc(C)n1. The third kappa shape index (κ3) is 3.10. The smallest absolute Gasteiger partial charge is 0.134 e. The first kappa shape index (κ1) is 13.1. The third-order valence-corrected chi connectivity index (χ3v) is 3.04. The normalized spacial score (nSPS) is 19.9. The summed E-state index contributed by atoms with van der Waals surface area (Å²) in [7, 11) is 0. The largest absolute Gasteiger partial charge is 0.377 e. The van der Waals surface area contributed by atoms with Crippen LogP contribution >= 0.6 is 0 Å². The second-order valence-corrected chi connectivity index (χ2v) is 4.70. The Morgan fingerprint density at radius 3 is 3.06 bits per heavy atom. The van der Waals surface area contributed by atoms with Gasteiger partial charge in [0.25, 0.3) is 0 Å². The minimum absolute atomic E-state index is 0.368. The minimum Gasteiger partial charge on any atom is -0.377 e. The van der Waals surface area contributed by atoms with Crippen LogP contribution in [0.5, 0.6) is 0 Å². The Morgan fingerprint density at radius 1 is 1.50 bits per heavy atom. The van der Waals surface area contributed by atoms with Gasteiger partial charge >= 0.3 is 0 Å². The number of ether oxygens (including phenoxy) is 1. The van der Waals surface area contributed by atoms with E-state index < -0.39 is 0 Å². The Kier molecular flexibility index (Phi) is 4.36. The Balaban J connectivity index is 2.18. The fourth-order valence-electron chi connectivity index (χ4n) is 2.11. The fraction of sp³-hybridized carbons (Fsp3) is 0.692. The molecule has 1 aromatic heterocycles. The summed E-state index contributed by atoms with van der Waals surface area (Å²) >= 11 is 0. The second-order valence-electron chi connectivity index (χ2n) is 4.70. The lowest BCUT2D eigenvalue weighted by atomic mass is 10.2. The lowest BCUT2D eigenvalue weighted by Gasteiger charge is -2.34. The fourth-order valence-corrected chi connectivity index (χ4v) is 2.11. The van der Waals surface area contributed by atoms with Crippen LogP contribution in [-0.4, -0.2) is 42.3 Å². The molecular weight excluding hydrogens is 228 g/mol. The van der Waals surface area contributed by atoms with Gasteiger partial charge in [-0.25, -0.2) is 9.97 Å². The van der Waals surface area contributed by atoms with E-state index in [-0.39, 0.29) is 0 Å². The number of nitrogens with zero attached hydrogens (tertiary/aromatic N) is 3. The minimum atomic E-state index is 0.368. The zero-order valence-corrected chi connectivity index (χ0v) is 11.4. The summed E-state index contributed by atoms with van der Waals surface area (Å²) in [5.41, 5.74) is 0. The topological polar surface area (TPSA) is 50.3 Å². The lowest BCUT2D eigenvalue weighted by molar-refractivity contribution is 0.0985. The first-order valence-electron chi connectivity index (χ1n) is 6.64. The van der Waals surface area contributed by atoms with E-state index in [0.717, 1.165) is 50.2 Å². The van der Waals surface area contributed by atoms with Crippen LogP contribution in [0.4, 0.5) is 11.6 Å². The molecule has 1 aliphatic rings. The molecule has 0 aromatic carbocycles. The molecule has 18 heavy (non-hydrogen) atoms. The van der Waals surface area contributed by atoms with Crippen molar-refractivity contribution in [3.05, 3.63) is 11.9 Å². The molecule has 0 amide bonds.